The third kappa shape index (κ3) is 2.56. The number of aryl methyl sites for hydroxylation is 1. The number of aromatic nitrogens is 2. The molecule has 0 saturated heterocycles. The van der Waals surface area contributed by atoms with Crippen molar-refractivity contribution in [3.63, 3.8) is 0 Å². The van der Waals surface area contributed by atoms with E-state index in [9.17, 15) is 4.79 Å². The average molecular weight is 249 g/mol. The van der Waals surface area contributed by atoms with Gasteiger partial charge in [0.2, 0.25) is 5.78 Å². The highest BCUT2D eigenvalue weighted by atomic mass is 35.5. The molecule has 0 bridgehead atoms. The fourth-order valence-electron chi connectivity index (χ4n) is 1.69. The molecule has 0 N–H and O–H groups in total. The van der Waals surface area contributed by atoms with Crippen molar-refractivity contribution in [3.8, 4) is 0 Å². The van der Waals surface area contributed by atoms with Crippen LogP contribution in [-0.2, 0) is 6.54 Å². The highest BCUT2D eigenvalue weighted by molar-refractivity contribution is 6.31. The molecule has 1 aromatic carbocycles. The van der Waals surface area contributed by atoms with Gasteiger partial charge in [0, 0.05) is 23.3 Å². The molecule has 2 rings (SSSR count). The Balaban J connectivity index is 2.33. The Morgan fingerprint density at radius 2 is 2.24 bits per heavy atom. The molecule has 0 saturated carbocycles. The average Bonchev–Trinajstić information content (AvgIpc) is 2.77. The van der Waals surface area contributed by atoms with Crippen molar-refractivity contribution in [3.05, 3.63) is 52.8 Å². The Bertz CT molecular complexity index is 534. The van der Waals surface area contributed by atoms with Gasteiger partial charge in [0.05, 0.1) is 0 Å². The van der Waals surface area contributed by atoms with Crippen LogP contribution in [0.15, 0.2) is 36.5 Å². The van der Waals surface area contributed by atoms with E-state index in [1.807, 2.05) is 0 Å². The molecule has 0 amide bonds. The van der Waals surface area contributed by atoms with Crippen LogP contribution in [0, 0.1) is 0 Å². The van der Waals surface area contributed by atoms with Crippen LogP contribution in [0.3, 0.4) is 0 Å². The van der Waals surface area contributed by atoms with Gasteiger partial charge in [-0.2, -0.15) is 5.10 Å². The summed E-state index contributed by atoms with van der Waals surface area (Å²) in [6.07, 6.45) is 2.59. The number of carbonyl (C=O) groups excluding carboxylic acids is 1. The van der Waals surface area contributed by atoms with Crippen molar-refractivity contribution < 1.29 is 4.79 Å². The molecule has 0 atom stereocenters. The molecular formula is C13H13ClN2O. The van der Waals surface area contributed by atoms with E-state index in [2.05, 4.69) is 12.0 Å². The normalized spacial score (nSPS) is 10.5. The number of carbonyl (C=O) groups is 1. The summed E-state index contributed by atoms with van der Waals surface area (Å²) in [4.78, 5) is 12.2. The lowest BCUT2D eigenvalue weighted by atomic mass is 10.1. The number of nitrogens with zero attached hydrogens (tertiary/aromatic N) is 2. The molecular weight excluding hydrogens is 236 g/mol. The molecule has 88 valence electrons. The van der Waals surface area contributed by atoms with Crippen LogP contribution in [0.2, 0.25) is 5.02 Å². The van der Waals surface area contributed by atoms with Crippen LogP contribution < -0.4 is 0 Å². The Morgan fingerprint density at radius 3 is 2.94 bits per heavy atom. The van der Waals surface area contributed by atoms with E-state index in [1.165, 1.54) is 0 Å². The largest absolute Gasteiger partial charge is 0.287 e. The maximum Gasteiger partial charge on any atom is 0.211 e. The molecule has 2 aromatic rings. The zero-order chi connectivity index (χ0) is 12.3. The Labute approximate surface area is 105 Å². The monoisotopic (exact) mass is 248 g/mol. The lowest BCUT2D eigenvalue weighted by Gasteiger charge is -2.05. The number of hydrogen-bond donors (Lipinski definition) is 0. The lowest BCUT2D eigenvalue weighted by Crippen LogP contribution is -2.11. The third-order valence-corrected chi connectivity index (χ3v) is 2.71. The summed E-state index contributed by atoms with van der Waals surface area (Å²) in [5, 5.41) is 4.70. The predicted molar refractivity (Wildman–Crippen MR) is 67.4 cm³/mol. The second kappa shape index (κ2) is 5.15. The summed E-state index contributed by atoms with van der Waals surface area (Å²) in [6, 6.07) is 8.70. The number of hydrogen-bond acceptors (Lipinski definition) is 2. The number of benzene rings is 1. The first-order valence-corrected chi connectivity index (χ1v) is 5.92. The van der Waals surface area contributed by atoms with Crippen LogP contribution >= 0.6 is 11.6 Å². The summed E-state index contributed by atoms with van der Waals surface area (Å²) in [7, 11) is 0. The van der Waals surface area contributed by atoms with Crippen molar-refractivity contribution in [2.45, 2.75) is 19.9 Å². The van der Waals surface area contributed by atoms with Gasteiger partial charge < -0.3 is 0 Å². The minimum atomic E-state index is -0.0431. The van der Waals surface area contributed by atoms with Gasteiger partial charge in [-0.25, -0.2) is 0 Å². The van der Waals surface area contributed by atoms with E-state index < -0.39 is 0 Å². The fraction of sp³-hybridized carbons (Fsp3) is 0.231. The second-order valence-electron chi connectivity index (χ2n) is 3.78. The SMILES string of the molecule is CCCn1nccc1C(=O)c1cccc(Cl)c1. The van der Waals surface area contributed by atoms with Gasteiger partial charge in [-0.15, -0.1) is 0 Å². The standard InChI is InChI=1S/C13H13ClN2O/c1-2-8-16-12(6-7-15-16)13(17)10-4-3-5-11(14)9-10/h3-7,9H,2,8H2,1H3. The first-order valence-electron chi connectivity index (χ1n) is 5.54. The van der Waals surface area contributed by atoms with Crippen LogP contribution in [0.25, 0.3) is 0 Å². The van der Waals surface area contributed by atoms with E-state index in [4.69, 9.17) is 11.6 Å². The maximum atomic E-state index is 12.2. The first-order chi connectivity index (χ1) is 8.22. The smallest absolute Gasteiger partial charge is 0.211 e. The maximum absolute atomic E-state index is 12.2. The van der Waals surface area contributed by atoms with Gasteiger partial charge in [-0.05, 0) is 24.6 Å². The molecule has 0 unspecified atom stereocenters. The molecule has 17 heavy (non-hydrogen) atoms. The molecule has 0 spiro atoms. The highest BCUT2D eigenvalue weighted by Crippen LogP contribution is 2.15. The molecule has 1 heterocycles. The zero-order valence-electron chi connectivity index (χ0n) is 9.56. The van der Waals surface area contributed by atoms with E-state index in [-0.39, 0.29) is 5.78 Å². The Hall–Kier alpha value is -1.61. The zero-order valence-corrected chi connectivity index (χ0v) is 10.3. The molecule has 4 heteroatoms. The molecule has 0 aliphatic carbocycles. The van der Waals surface area contributed by atoms with Crippen LogP contribution in [0.4, 0.5) is 0 Å². The van der Waals surface area contributed by atoms with Crippen LogP contribution in [0.5, 0.6) is 0 Å². The van der Waals surface area contributed by atoms with Gasteiger partial charge in [0.15, 0.2) is 0 Å². The van der Waals surface area contributed by atoms with E-state index in [0.717, 1.165) is 13.0 Å². The van der Waals surface area contributed by atoms with Crippen LogP contribution in [0.1, 0.15) is 29.4 Å². The van der Waals surface area contributed by atoms with Crippen molar-refractivity contribution >= 4 is 17.4 Å². The summed E-state index contributed by atoms with van der Waals surface area (Å²) < 4.78 is 1.73. The van der Waals surface area contributed by atoms with Crippen molar-refractivity contribution in [1.29, 1.82) is 0 Å². The van der Waals surface area contributed by atoms with Crippen molar-refractivity contribution in [2.75, 3.05) is 0 Å². The quantitative estimate of drug-likeness (QED) is 0.779. The predicted octanol–water partition coefficient (Wildman–Crippen LogP) is 3.18. The first kappa shape index (κ1) is 11.9. The van der Waals surface area contributed by atoms with Gasteiger partial charge in [0.25, 0.3) is 0 Å². The van der Waals surface area contributed by atoms with Gasteiger partial charge in [0.1, 0.15) is 5.69 Å². The van der Waals surface area contributed by atoms with E-state index >= 15 is 0 Å². The molecule has 0 fully saturated rings. The number of rotatable bonds is 4. The summed E-state index contributed by atoms with van der Waals surface area (Å²) >= 11 is 5.88. The van der Waals surface area contributed by atoms with E-state index in [0.29, 0.717) is 16.3 Å². The van der Waals surface area contributed by atoms with Crippen molar-refractivity contribution in [2.24, 2.45) is 0 Å². The summed E-state index contributed by atoms with van der Waals surface area (Å²) in [6.45, 7) is 2.80. The summed E-state index contributed by atoms with van der Waals surface area (Å²) in [5.41, 5.74) is 1.20. The number of halogens is 1. The van der Waals surface area contributed by atoms with E-state index in [1.54, 1.807) is 41.2 Å². The molecule has 0 aliphatic heterocycles. The molecule has 0 aliphatic rings. The molecule has 1 aromatic heterocycles. The van der Waals surface area contributed by atoms with Gasteiger partial charge in [-0.1, -0.05) is 30.7 Å². The highest BCUT2D eigenvalue weighted by Gasteiger charge is 2.13. The molecule has 0 radical (unpaired) electrons. The van der Waals surface area contributed by atoms with Gasteiger partial charge in [-0.3, -0.25) is 9.48 Å². The third-order valence-electron chi connectivity index (χ3n) is 2.47. The second-order valence-corrected chi connectivity index (χ2v) is 4.22. The Kier molecular flexibility index (Phi) is 3.59. The minimum Gasteiger partial charge on any atom is -0.287 e. The fourth-order valence-corrected chi connectivity index (χ4v) is 1.88. The lowest BCUT2D eigenvalue weighted by molar-refractivity contribution is 0.102. The van der Waals surface area contributed by atoms with Crippen molar-refractivity contribution in [1.82, 2.24) is 9.78 Å². The minimum absolute atomic E-state index is 0.0431. The number of ketones is 1. The molecule has 3 nitrogen and oxygen atoms in total. The Morgan fingerprint density at radius 1 is 1.41 bits per heavy atom. The van der Waals surface area contributed by atoms with Gasteiger partial charge >= 0.3 is 0 Å². The van der Waals surface area contributed by atoms with Crippen LogP contribution in [-0.4, -0.2) is 15.6 Å². The summed E-state index contributed by atoms with van der Waals surface area (Å²) in [5.74, 6) is -0.0431. The topological polar surface area (TPSA) is 34.9 Å².